The molecule has 0 radical (unpaired) electrons. The van der Waals surface area contributed by atoms with Crippen LogP contribution in [0.15, 0.2) is 97.1 Å². The minimum atomic E-state index is -3.32. The zero-order chi connectivity index (χ0) is 73.2. The lowest BCUT2D eigenvalue weighted by molar-refractivity contribution is 0.377. The van der Waals surface area contributed by atoms with E-state index in [2.05, 4.69) is 102 Å². The molecule has 14 heteroatoms. The number of hydrogen-bond acceptors (Lipinski definition) is 12. The Kier molecular flexibility index (Phi) is 27.1. The van der Waals surface area contributed by atoms with Crippen molar-refractivity contribution in [2.75, 3.05) is 0 Å². The lowest BCUT2D eigenvalue weighted by Crippen LogP contribution is -2.43. The molecule has 0 fully saturated rings. The summed E-state index contributed by atoms with van der Waals surface area (Å²) in [6.07, 6.45) is 47.3. The monoisotopic (exact) mass is 1470 g/mol. The number of para-hydroxylation sites is 4. The first-order chi connectivity index (χ1) is 51.9. The van der Waals surface area contributed by atoms with E-state index in [0.717, 1.165) is 167 Å². The Hall–Kier alpha value is -7.17. The van der Waals surface area contributed by atoms with Crippen LogP contribution in [0.2, 0.25) is 26.2 Å². The van der Waals surface area contributed by atoms with Crippen molar-refractivity contribution in [1.82, 2.24) is 19.9 Å². The molecule has 568 valence electrons. The Labute approximate surface area is 637 Å². The van der Waals surface area contributed by atoms with Crippen LogP contribution in [0.4, 0.5) is 0 Å². The minimum absolute atomic E-state index is 0.189. The molecule has 11 aliphatic heterocycles. The van der Waals surface area contributed by atoms with Gasteiger partial charge in [0.25, 0.3) is 23.5 Å². The molecular weight excluding hydrogens is 1350 g/mol. The van der Waals surface area contributed by atoms with E-state index < -0.39 is 17.1 Å². The molecule has 2 aromatic heterocycles. The summed E-state index contributed by atoms with van der Waals surface area (Å²) < 4.78 is 61.8. The summed E-state index contributed by atoms with van der Waals surface area (Å²) >= 11 is 0. The van der Waals surface area contributed by atoms with Gasteiger partial charge in [0.05, 0.1) is 22.1 Å². The molecule has 0 unspecified atom stereocenters. The molecule has 12 nitrogen and oxygen atoms in total. The van der Waals surface area contributed by atoms with Crippen molar-refractivity contribution in [2.24, 2.45) is 0 Å². The highest BCUT2D eigenvalue weighted by atomic mass is 28.4. The minimum Gasteiger partial charge on any atom is -0.512 e. The molecule has 0 N–H and O–H groups in total. The van der Waals surface area contributed by atoms with Crippen LogP contribution < -0.4 is 36.7 Å². The van der Waals surface area contributed by atoms with Crippen LogP contribution in [0.1, 0.15) is 353 Å². The maximum Gasteiger partial charge on any atom is 0.454 e. The second-order valence-corrected chi connectivity index (χ2v) is 39.1. The van der Waals surface area contributed by atoms with Gasteiger partial charge in [0.15, 0.2) is 0 Å². The molecule has 0 atom stereocenters. The standard InChI is InChI=1S/C92H124N4O8Si2/c1-9-13-17-21-25-29-33-37-41-49-65-69-57-73-67(51-43-39-35-31-27-23-19-15-11-3)75-59-71-66(50-42-38-34-30-26-22-18-14-10-2)72-60-76(88-64-84(72)100-92-91(95-79-55-47-48-56-80(79)96-92)99-83(71)63-87(75)103-106(7,8)104-88)68(52-44-40-36-32-28-24-20-16-12-4)74-58-70(65)82-62-86(74)102-105(5,6)101-85(73)61-81(69)97-89-90(98-82)94-78-54-46-45-53-77(78)93-89/h45-48,53-68H,9-44,49-52H2,1-8H3. The Morgan fingerprint density at radius 3 is 0.613 bits per heavy atom. The first kappa shape index (κ1) is 77.0. The lowest BCUT2D eigenvalue weighted by atomic mass is 9.76. The van der Waals surface area contributed by atoms with E-state index in [1.165, 1.54) is 180 Å². The summed E-state index contributed by atoms with van der Waals surface area (Å²) in [6.45, 7) is 18.1. The van der Waals surface area contributed by atoms with Crippen molar-refractivity contribution in [1.29, 1.82) is 0 Å². The number of unbranched alkanes of at least 4 members (excludes halogenated alkanes) is 32. The van der Waals surface area contributed by atoms with Crippen molar-refractivity contribution >= 4 is 39.2 Å². The normalized spacial score (nSPS) is 17.4. The van der Waals surface area contributed by atoms with Gasteiger partial charge < -0.3 is 36.7 Å². The van der Waals surface area contributed by atoms with Gasteiger partial charge >= 0.3 is 17.1 Å². The van der Waals surface area contributed by atoms with Crippen LogP contribution in [0.5, 0.6) is 69.5 Å². The molecule has 13 heterocycles. The van der Waals surface area contributed by atoms with Gasteiger partial charge in [0.1, 0.15) is 46.0 Å². The van der Waals surface area contributed by atoms with E-state index in [9.17, 15) is 0 Å². The molecule has 0 saturated heterocycles. The molecule has 20 rings (SSSR count). The molecule has 106 heavy (non-hydrogen) atoms. The number of rotatable bonds is 40. The van der Waals surface area contributed by atoms with Gasteiger partial charge in [-0.25, -0.2) is 19.9 Å². The van der Waals surface area contributed by atoms with Crippen LogP contribution in [-0.2, 0) is 0 Å². The van der Waals surface area contributed by atoms with Crippen LogP contribution in [-0.4, -0.2) is 37.1 Å². The van der Waals surface area contributed by atoms with Crippen LogP contribution in [0.3, 0.4) is 0 Å². The van der Waals surface area contributed by atoms with Gasteiger partial charge in [0, 0.05) is 119 Å². The van der Waals surface area contributed by atoms with E-state index in [4.69, 9.17) is 56.6 Å². The fraction of sp³-hybridized carbons (Fsp3) is 0.565. The Morgan fingerprint density at radius 2 is 0.415 bits per heavy atom. The van der Waals surface area contributed by atoms with Crippen molar-refractivity contribution in [3.8, 4) is 69.5 Å². The summed E-state index contributed by atoms with van der Waals surface area (Å²) in [5.41, 5.74) is 11.7. The largest absolute Gasteiger partial charge is 0.512 e. The van der Waals surface area contributed by atoms with E-state index in [1.807, 2.05) is 48.5 Å². The first-order valence-corrected chi connectivity index (χ1v) is 48.2. The summed E-state index contributed by atoms with van der Waals surface area (Å²) in [6, 6.07) is 35.0. The average Bonchev–Trinajstić information content (AvgIpc) is 1.29. The summed E-state index contributed by atoms with van der Waals surface area (Å²) in [5.74, 6) is 6.21. The number of benzene rings is 6. The molecule has 0 spiro atoms. The summed E-state index contributed by atoms with van der Waals surface area (Å²) in [4.78, 5) is 21.2. The molecule has 16 bridgehead atoms. The molecule has 1 aliphatic carbocycles. The van der Waals surface area contributed by atoms with Gasteiger partial charge in [0.2, 0.25) is 0 Å². The van der Waals surface area contributed by atoms with Gasteiger partial charge in [-0.05, 0) is 74.2 Å². The highest BCUT2D eigenvalue weighted by molar-refractivity contribution is 6.66. The highest BCUT2D eigenvalue weighted by Gasteiger charge is 2.44. The molecular formula is C92H124N4O8Si2. The maximum absolute atomic E-state index is 7.94. The molecule has 0 saturated carbocycles. The third-order valence-corrected chi connectivity index (χ3v) is 26.1. The SMILES string of the molecule is CCCCCCCCCCCC1c2cc3c4cc2Oc2nc5ccccc5nc2Oc2cc(c(cc21)C(CCCCCCCCCCC)c1cc2c5cc1O[Si](C)(C)Oc1cc(c(cc1C3CCCCCCCCCCC)C2CCCCCCCCCCC)Oc1nc2ccccc2nc1O5)O[Si](C)(C)O4. The molecule has 8 aromatic rings. The quantitative estimate of drug-likeness (QED) is 0.0268. The number of hydrogen-bond donors (Lipinski definition) is 0. The lowest BCUT2D eigenvalue weighted by Gasteiger charge is -2.37. The van der Waals surface area contributed by atoms with E-state index in [-0.39, 0.29) is 23.7 Å². The van der Waals surface area contributed by atoms with Gasteiger partial charge in [-0.2, -0.15) is 0 Å². The number of ether oxygens (including phenoxy) is 4. The van der Waals surface area contributed by atoms with E-state index in [0.29, 0.717) is 46.5 Å². The van der Waals surface area contributed by atoms with Crippen molar-refractivity contribution in [2.45, 2.75) is 334 Å². The smallest absolute Gasteiger partial charge is 0.454 e. The Balaban J connectivity index is 1.08. The fourth-order valence-corrected chi connectivity index (χ4v) is 20.4. The average molecular weight is 1470 g/mol. The van der Waals surface area contributed by atoms with Crippen LogP contribution in [0, 0.1) is 0 Å². The van der Waals surface area contributed by atoms with Crippen molar-refractivity contribution < 1.29 is 36.7 Å². The Bertz CT molecular complexity index is 3730. The molecule has 12 aliphatic rings. The van der Waals surface area contributed by atoms with Crippen molar-refractivity contribution in [3.63, 3.8) is 0 Å². The van der Waals surface area contributed by atoms with Crippen molar-refractivity contribution in [3.05, 3.63) is 142 Å². The summed E-state index contributed by atoms with van der Waals surface area (Å²) in [5, 5.41) is 0. The van der Waals surface area contributed by atoms with Gasteiger partial charge in [-0.3, -0.25) is 0 Å². The third-order valence-electron chi connectivity index (χ3n) is 23.2. The van der Waals surface area contributed by atoms with Gasteiger partial charge in [-0.15, -0.1) is 0 Å². The van der Waals surface area contributed by atoms with Gasteiger partial charge in [-0.1, -0.05) is 283 Å². The first-order valence-electron chi connectivity index (χ1n) is 42.6. The second kappa shape index (κ2) is 37.3. The topological polar surface area (TPSA) is 125 Å². The fourth-order valence-electron chi connectivity index (χ4n) is 17.5. The Morgan fingerprint density at radius 1 is 0.236 bits per heavy atom. The van der Waals surface area contributed by atoms with E-state index in [1.54, 1.807) is 0 Å². The number of fused-ring (bicyclic) bond motifs is 4. The predicted octanol–water partition coefficient (Wildman–Crippen LogP) is 28.8. The maximum atomic E-state index is 7.94. The van der Waals surface area contributed by atoms with Crippen LogP contribution >= 0.6 is 0 Å². The second-order valence-electron chi connectivity index (χ2n) is 32.7. The highest BCUT2D eigenvalue weighted by Crippen LogP contribution is 2.58. The zero-order valence-electron chi connectivity index (χ0n) is 65.9. The predicted molar refractivity (Wildman–Crippen MR) is 437 cm³/mol. The number of nitrogens with zero attached hydrogens (tertiary/aromatic N) is 4. The van der Waals surface area contributed by atoms with E-state index >= 15 is 0 Å². The summed E-state index contributed by atoms with van der Waals surface area (Å²) in [7, 11) is -6.63. The van der Waals surface area contributed by atoms with Crippen LogP contribution in [0.25, 0.3) is 22.1 Å². The molecule has 6 aromatic carbocycles. The zero-order valence-corrected chi connectivity index (χ0v) is 67.9. The molecule has 0 amide bonds. The third kappa shape index (κ3) is 19.3. The number of aromatic nitrogens is 4.